The molecule has 1 N–H and O–H groups in total. The van der Waals surface area contributed by atoms with Crippen molar-refractivity contribution in [3.63, 3.8) is 0 Å². The minimum absolute atomic E-state index is 0.0569. The molecule has 0 saturated carbocycles. The van der Waals surface area contributed by atoms with Crippen molar-refractivity contribution in [3.8, 4) is 11.1 Å². The van der Waals surface area contributed by atoms with E-state index in [1.54, 1.807) is 12.2 Å². The minimum atomic E-state index is -0.486. The van der Waals surface area contributed by atoms with Gasteiger partial charge in [0.1, 0.15) is 5.57 Å². The number of aryl methyl sites for hydroxylation is 1. The predicted molar refractivity (Wildman–Crippen MR) is 107 cm³/mol. The molecule has 26 heavy (non-hydrogen) atoms. The van der Waals surface area contributed by atoms with E-state index in [9.17, 15) is 9.59 Å². The van der Waals surface area contributed by atoms with E-state index >= 15 is 0 Å². The third-order valence-electron chi connectivity index (χ3n) is 4.19. The number of carbonyl (C=O) groups is 2. The second-order valence-corrected chi connectivity index (χ2v) is 6.31. The lowest BCUT2D eigenvalue weighted by Crippen LogP contribution is -2.53. The Bertz CT molecular complexity index is 947. The average molecular weight is 362 g/mol. The molecule has 0 aliphatic carbocycles. The first-order chi connectivity index (χ1) is 12.5. The van der Waals surface area contributed by atoms with E-state index in [-0.39, 0.29) is 17.2 Å². The highest BCUT2D eigenvalue weighted by atomic mass is 32.1. The maximum Gasteiger partial charge on any atom is 0.265 e. The molecule has 0 radical (unpaired) electrons. The Morgan fingerprint density at radius 1 is 1.08 bits per heavy atom. The summed E-state index contributed by atoms with van der Waals surface area (Å²) in [5, 5.41) is 2.67. The molecular formula is C21H18N2O2S. The summed E-state index contributed by atoms with van der Waals surface area (Å²) in [7, 11) is 0. The van der Waals surface area contributed by atoms with E-state index in [1.165, 1.54) is 4.90 Å². The Hall–Kier alpha value is -3.05. The summed E-state index contributed by atoms with van der Waals surface area (Å²) in [5.41, 5.74) is 3.99. The van der Waals surface area contributed by atoms with Crippen LogP contribution < -0.4 is 5.32 Å². The monoisotopic (exact) mass is 362 g/mol. The van der Waals surface area contributed by atoms with Crippen LogP contribution in [0, 0.1) is 6.92 Å². The van der Waals surface area contributed by atoms with Gasteiger partial charge in [0.2, 0.25) is 0 Å². The molecule has 0 bridgehead atoms. The SMILES string of the molecule is C=CCN1C(=O)/C(=C/c2ccccc2-c2ccccc2C)C(=O)NC1=S. The van der Waals surface area contributed by atoms with Gasteiger partial charge in [-0.25, -0.2) is 0 Å². The van der Waals surface area contributed by atoms with Crippen LogP contribution in [-0.4, -0.2) is 28.4 Å². The van der Waals surface area contributed by atoms with Crippen molar-refractivity contribution in [3.05, 3.63) is 77.9 Å². The molecule has 4 nitrogen and oxygen atoms in total. The van der Waals surface area contributed by atoms with Crippen molar-refractivity contribution in [2.75, 3.05) is 6.54 Å². The van der Waals surface area contributed by atoms with Crippen molar-refractivity contribution in [1.82, 2.24) is 10.2 Å². The highest BCUT2D eigenvalue weighted by molar-refractivity contribution is 7.80. The average Bonchev–Trinajstić information content (AvgIpc) is 2.63. The van der Waals surface area contributed by atoms with Gasteiger partial charge < -0.3 is 0 Å². The van der Waals surface area contributed by atoms with Gasteiger partial charge in [-0.15, -0.1) is 6.58 Å². The molecule has 0 unspecified atom stereocenters. The Balaban J connectivity index is 2.09. The van der Waals surface area contributed by atoms with Gasteiger partial charge in [0.25, 0.3) is 11.8 Å². The van der Waals surface area contributed by atoms with Crippen molar-refractivity contribution in [1.29, 1.82) is 0 Å². The zero-order valence-electron chi connectivity index (χ0n) is 14.4. The van der Waals surface area contributed by atoms with Crippen LogP contribution in [0.2, 0.25) is 0 Å². The Morgan fingerprint density at radius 3 is 2.42 bits per heavy atom. The van der Waals surface area contributed by atoms with Gasteiger partial charge in [0.05, 0.1) is 0 Å². The molecule has 130 valence electrons. The number of benzene rings is 2. The smallest absolute Gasteiger partial charge is 0.265 e. The van der Waals surface area contributed by atoms with E-state index in [1.807, 2.05) is 55.5 Å². The first kappa shape index (κ1) is 17.8. The van der Waals surface area contributed by atoms with E-state index in [2.05, 4.69) is 11.9 Å². The molecule has 2 amide bonds. The number of thiocarbonyl (C=S) groups is 1. The van der Waals surface area contributed by atoms with E-state index in [0.717, 1.165) is 22.3 Å². The molecule has 1 heterocycles. The highest BCUT2D eigenvalue weighted by Crippen LogP contribution is 2.28. The van der Waals surface area contributed by atoms with Crippen LogP contribution in [0.3, 0.4) is 0 Å². The highest BCUT2D eigenvalue weighted by Gasteiger charge is 2.32. The molecule has 1 aliphatic heterocycles. The summed E-state index contributed by atoms with van der Waals surface area (Å²) < 4.78 is 0. The maximum absolute atomic E-state index is 12.7. The van der Waals surface area contributed by atoms with Gasteiger partial charge in [0.15, 0.2) is 5.11 Å². The first-order valence-electron chi connectivity index (χ1n) is 8.17. The van der Waals surface area contributed by atoms with Gasteiger partial charge in [-0.05, 0) is 47.5 Å². The zero-order chi connectivity index (χ0) is 18.7. The van der Waals surface area contributed by atoms with Crippen molar-refractivity contribution >= 4 is 35.2 Å². The molecule has 3 rings (SSSR count). The molecule has 1 aliphatic rings. The standard InChI is InChI=1S/C21H18N2O2S/c1-3-12-23-20(25)18(19(24)22-21(23)26)13-15-9-5-7-11-17(15)16-10-6-4-8-14(16)2/h3-11,13H,1,12H2,2H3,(H,22,24,26)/b18-13+. The summed E-state index contributed by atoms with van der Waals surface area (Å²) in [5.74, 6) is -0.905. The van der Waals surface area contributed by atoms with Crippen LogP contribution >= 0.6 is 12.2 Å². The van der Waals surface area contributed by atoms with Crippen molar-refractivity contribution < 1.29 is 9.59 Å². The molecule has 2 aromatic rings. The fourth-order valence-corrected chi connectivity index (χ4v) is 3.14. The summed E-state index contributed by atoms with van der Waals surface area (Å²) in [6.07, 6.45) is 3.19. The largest absolute Gasteiger partial charge is 0.298 e. The number of rotatable bonds is 4. The number of hydrogen-bond acceptors (Lipinski definition) is 3. The number of nitrogens with zero attached hydrogens (tertiary/aromatic N) is 1. The molecular weight excluding hydrogens is 344 g/mol. The lowest BCUT2D eigenvalue weighted by molar-refractivity contribution is -0.128. The Labute approximate surface area is 157 Å². The van der Waals surface area contributed by atoms with Gasteiger partial charge in [-0.1, -0.05) is 54.6 Å². The van der Waals surface area contributed by atoms with E-state index < -0.39 is 11.8 Å². The number of amides is 2. The second-order valence-electron chi connectivity index (χ2n) is 5.92. The first-order valence-corrected chi connectivity index (χ1v) is 8.58. The fraction of sp³-hybridized carbons (Fsp3) is 0.0952. The van der Waals surface area contributed by atoms with Crippen molar-refractivity contribution in [2.45, 2.75) is 6.92 Å². The third kappa shape index (κ3) is 3.34. The number of nitrogens with one attached hydrogen (secondary N) is 1. The second kappa shape index (κ2) is 7.45. The normalized spacial score (nSPS) is 16.0. The molecule has 0 aromatic heterocycles. The lowest BCUT2D eigenvalue weighted by Gasteiger charge is -2.28. The predicted octanol–water partition coefficient (Wildman–Crippen LogP) is 3.47. The summed E-state index contributed by atoms with van der Waals surface area (Å²) in [6, 6.07) is 15.7. The van der Waals surface area contributed by atoms with E-state index in [0.29, 0.717) is 0 Å². The summed E-state index contributed by atoms with van der Waals surface area (Å²) >= 11 is 5.08. The summed E-state index contributed by atoms with van der Waals surface area (Å²) in [6.45, 7) is 5.90. The van der Waals surface area contributed by atoms with Crippen LogP contribution in [0.15, 0.2) is 66.8 Å². The van der Waals surface area contributed by atoms with Crippen LogP contribution in [0.4, 0.5) is 0 Å². The topological polar surface area (TPSA) is 49.4 Å². The van der Waals surface area contributed by atoms with Gasteiger partial charge in [-0.2, -0.15) is 0 Å². The molecule has 5 heteroatoms. The molecule has 1 saturated heterocycles. The molecule has 0 atom stereocenters. The molecule has 2 aromatic carbocycles. The summed E-state index contributed by atoms with van der Waals surface area (Å²) in [4.78, 5) is 26.4. The number of carbonyl (C=O) groups excluding carboxylic acids is 2. The van der Waals surface area contributed by atoms with Crippen molar-refractivity contribution in [2.24, 2.45) is 0 Å². The Morgan fingerprint density at radius 2 is 1.73 bits per heavy atom. The Kier molecular flexibility index (Phi) is 5.09. The van der Waals surface area contributed by atoms with Crippen LogP contribution in [0.1, 0.15) is 11.1 Å². The molecule has 1 fully saturated rings. The quantitative estimate of drug-likeness (QED) is 0.392. The fourth-order valence-electron chi connectivity index (χ4n) is 2.89. The van der Waals surface area contributed by atoms with E-state index in [4.69, 9.17) is 12.2 Å². The number of hydrogen-bond donors (Lipinski definition) is 1. The lowest BCUT2D eigenvalue weighted by atomic mass is 9.94. The van der Waals surface area contributed by atoms with Gasteiger partial charge in [0, 0.05) is 6.54 Å². The maximum atomic E-state index is 12.7. The van der Waals surface area contributed by atoms with Gasteiger partial charge in [-0.3, -0.25) is 19.8 Å². The zero-order valence-corrected chi connectivity index (χ0v) is 15.2. The van der Waals surface area contributed by atoms with Crippen LogP contribution in [0.25, 0.3) is 17.2 Å². The molecule has 0 spiro atoms. The third-order valence-corrected chi connectivity index (χ3v) is 4.52. The van der Waals surface area contributed by atoms with Crippen LogP contribution in [-0.2, 0) is 9.59 Å². The van der Waals surface area contributed by atoms with Crippen LogP contribution in [0.5, 0.6) is 0 Å². The minimum Gasteiger partial charge on any atom is -0.298 e. The van der Waals surface area contributed by atoms with Gasteiger partial charge >= 0.3 is 0 Å².